The van der Waals surface area contributed by atoms with Gasteiger partial charge in [-0.1, -0.05) is 60.7 Å². The first-order valence-electron chi connectivity index (χ1n) is 5.14. The molecule has 0 spiro atoms. The number of benzene rings is 2. The second-order valence-corrected chi connectivity index (χ2v) is 3.31. The molecule has 0 bridgehead atoms. The summed E-state index contributed by atoms with van der Waals surface area (Å²) in [6.45, 7) is 0. The molecule has 0 aliphatic carbocycles. The molecule has 2 rings (SSSR count). The topological polar surface area (TPSA) is 80.3 Å². The number of carbonyl (C=O) groups is 2. The van der Waals surface area contributed by atoms with Crippen LogP contribution in [0.5, 0.6) is 0 Å². The maximum atomic E-state index is 10.1. The van der Waals surface area contributed by atoms with Crippen LogP contribution < -0.4 is 39.8 Å². The summed E-state index contributed by atoms with van der Waals surface area (Å²) in [5.74, 6) is -2.26. The van der Waals surface area contributed by atoms with E-state index >= 15 is 0 Å². The first-order valence-corrected chi connectivity index (χ1v) is 5.14. The summed E-state index contributed by atoms with van der Waals surface area (Å²) in [7, 11) is 0. The van der Waals surface area contributed by atoms with E-state index in [1.165, 1.54) is 24.3 Å². The van der Waals surface area contributed by atoms with Gasteiger partial charge in [-0.05, 0) is 11.1 Å². The van der Waals surface area contributed by atoms with Crippen LogP contribution in [0.15, 0.2) is 60.7 Å². The average molecular weight is 306 g/mol. The fraction of sp³-hybridized carbons (Fsp3) is 0. The van der Waals surface area contributed by atoms with Gasteiger partial charge >= 0.3 is 67.3 Å². The molecule has 0 amide bonds. The van der Waals surface area contributed by atoms with E-state index in [4.69, 9.17) is 0 Å². The molecule has 0 aliphatic rings. The van der Waals surface area contributed by atoms with Gasteiger partial charge in [-0.3, -0.25) is 0 Å². The van der Waals surface area contributed by atoms with Crippen LogP contribution in [0.1, 0.15) is 22.1 Å². The summed E-state index contributed by atoms with van der Waals surface area (Å²) in [5.41, 5.74) is 0.440. The van der Waals surface area contributed by atoms with E-state index in [0.717, 1.165) is 0 Å². The van der Waals surface area contributed by atoms with Crippen molar-refractivity contribution in [2.75, 3.05) is 0 Å². The Hall–Kier alpha value is -0.360. The van der Waals surface area contributed by atoms with Gasteiger partial charge in [-0.25, -0.2) is 0 Å². The van der Waals surface area contributed by atoms with Crippen LogP contribution in [0, 0.1) is 0 Å². The average Bonchev–Trinajstić information content (AvgIpc) is 2.41. The third kappa shape index (κ3) is 8.74. The molecule has 0 saturated carbocycles. The molecule has 2 aromatic rings. The van der Waals surface area contributed by atoms with Crippen LogP contribution in [0.25, 0.3) is 0 Å². The minimum atomic E-state index is -1.13. The number of carbonyl (C=O) groups excluding carboxylic acids is 2. The molecule has 0 N–H and O–H groups in total. The fourth-order valence-electron chi connectivity index (χ4n) is 1.15. The van der Waals surface area contributed by atoms with Gasteiger partial charge in [0.2, 0.25) is 0 Å². The fourth-order valence-corrected chi connectivity index (χ4v) is 1.15. The van der Waals surface area contributed by atoms with E-state index in [-0.39, 0.29) is 79.8 Å². The van der Waals surface area contributed by atoms with Crippen molar-refractivity contribution in [2.45, 2.75) is 0 Å². The van der Waals surface area contributed by atoms with Crippen molar-refractivity contribution >= 4 is 49.7 Å². The third-order valence-corrected chi connectivity index (χ3v) is 2.02. The summed E-state index contributed by atoms with van der Waals surface area (Å²) in [6, 6.07) is 16.1. The van der Waals surface area contributed by atoms with E-state index in [2.05, 4.69) is 0 Å². The second kappa shape index (κ2) is 12.4. The van der Waals surface area contributed by atoms with Gasteiger partial charge in [0.25, 0.3) is 0 Å². The van der Waals surface area contributed by atoms with Crippen molar-refractivity contribution in [3.63, 3.8) is 0 Å². The van der Waals surface area contributed by atoms with Crippen molar-refractivity contribution in [1.29, 1.82) is 0 Å². The van der Waals surface area contributed by atoms with Crippen LogP contribution in [0.2, 0.25) is 0 Å². The van der Waals surface area contributed by atoms with Gasteiger partial charge in [0.05, 0.1) is 11.9 Å². The Balaban J connectivity index is -0.000000270. The Labute approximate surface area is 170 Å². The predicted molar refractivity (Wildman–Crippen MR) is 68.4 cm³/mol. The maximum absolute atomic E-state index is 10.1. The van der Waals surface area contributed by atoms with Crippen molar-refractivity contribution in [1.82, 2.24) is 0 Å². The van der Waals surface area contributed by atoms with Crippen LogP contribution in [0.3, 0.4) is 0 Å². The van der Waals surface area contributed by atoms with E-state index in [1.807, 2.05) is 0 Å². The first kappa shape index (κ1) is 21.9. The van der Waals surface area contributed by atoms with Crippen molar-refractivity contribution in [2.24, 2.45) is 0 Å². The summed E-state index contributed by atoms with van der Waals surface area (Å²) < 4.78 is 0. The molecule has 0 fully saturated rings. The zero-order valence-corrected chi connectivity index (χ0v) is 15.3. The zero-order chi connectivity index (χ0) is 13.4. The number of carboxylic acid groups (broad SMARTS) is 2. The summed E-state index contributed by atoms with van der Waals surface area (Å²) in [4.78, 5) is 20.2. The van der Waals surface area contributed by atoms with Crippen LogP contribution in [-0.4, -0.2) is 49.7 Å². The maximum Gasteiger partial charge on any atom is 2.00 e. The van der Waals surface area contributed by atoms with Gasteiger partial charge in [0.1, 0.15) is 0 Å². The molecule has 4 nitrogen and oxygen atoms in total. The van der Waals surface area contributed by atoms with Crippen molar-refractivity contribution in [3.05, 3.63) is 71.8 Å². The molecule has 6 heteroatoms. The number of carboxylic acids is 2. The van der Waals surface area contributed by atoms with E-state index in [0.29, 0.717) is 0 Å². The summed E-state index contributed by atoms with van der Waals surface area (Å²) in [6.07, 6.45) is 0. The van der Waals surface area contributed by atoms with E-state index in [9.17, 15) is 19.8 Å². The number of rotatable bonds is 2. The predicted octanol–water partition coefficient (Wildman–Crippen LogP) is -3.16. The molecule has 0 atom stereocenters. The van der Waals surface area contributed by atoms with Gasteiger partial charge in [-0.2, -0.15) is 0 Å². The standard InChI is InChI=1S/2C7H6O2.Ca.Na.H/c2*8-7(9)6-4-2-1-3-5-6;;;/h2*1-5H,(H,8,9);;;/q;;+2;+1;-1/p-2. The van der Waals surface area contributed by atoms with E-state index in [1.54, 1.807) is 36.4 Å². The van der Waals surface area contributed by atoms with Crippen molar-refractivity contribution < 1.29 is 50.8 Å². The van der Waals surface area contributed by atoms with Crippen molar-refractivity contribution in [3.8, 4) is 0 Å². The Morgan fingerprint density at radius 1 is 0.700 bits per heavy atom. The Morgan fingerprint density at radius 2 is 0.950 bits per heavy atom. The monoisotopic (exact) mass is 306 g/mol. The van der Waals surface area contributed by atoms with Crippen LogP contribution in [0.4, 0.5) is 0 Å². The molecule has 20 heavy (non-hydrogen) atoms. The Bertz CT molecular complexity index is 474. The molecular formula is C14H11CaNaO4. The van der Waals surface area contributed by atoms with Gasteiger partial charge in [0, 0.05) is 0 Å². The van der Waals surface area contributed by atoms with Crippen LogP contribution in [-0.2, 0) is 0 Å². The van der Waals surface area contributed by atoms with Gasteiger partial charge in [0.15, 0.2) is 0 Å². The molecule has 0 aliphatic heterocycles. The molecule has 0 saturated heterocycles. The zero-order valence-electron chi connectivity index (χ0n) is 12.1. The number of hydrogen-bond acceptors (Lipinski definition) is 4. The molecule has 0 radical (unpaired) electrons. The summed E-state index contributed by atoms with van der Waals surface area (Å²) in [5, 5.41) is 20.2. The van der Waals surface area contributed by atoms with Crippen LogP contribution >= 0.6 is 0 Å². The SMILES string of the molecule is O=C([O-])c1ccccc1.O=C([O-])c1ccccc1.[Ca+2].[H-].[Na+]. The quantitative estimate of drug-likeness (QED) is 0.549. The second-order valence-electron chi connectivity index (χ2n) is 3.31. The summed E-state index contributed by atoms with van der Waals surface area (Å²) >= 11 is 0. The molecular weight excluding hydrogens is 295 g/mol. The number of aromatic carboxylic acids is 2. The Morgan fingerprint density at radius 3 is 1.10 bits per heavy atom. The number of hydrogen-bond donors (Lipinski definition) is 0. The molecule has 0 heterocycles. The minimum Gasteiger partial charge on any atom is -1.00 e. The smallest absolute Gasteiger partial charge is 1.00 e. The largest absolute Gasteiger partial charge is 2.00 e. The van der Waals surface area contributed by atoms with Gasteiger partial charge < -0.3 is 21.2 Å². The molecule has 0 aromatic heterocycles. The normalized spacial score (nSPS) is 8.00. The minimum absolute atomic E-state index is 0. The molecule has 94 valence electrons. The molecule has 2 aromatic carbocycles. The third-order valence-electron chi connectivity index (χ3n) is 2.02. The van der Waals surface area contributed by atoms with E-state index < -0.39 is 11.9 Å². The van der Waals surface area contributed by atoms with Gasteiger partial charge in [-0.15, -0.1) is 0 Å². The first-order chi connectivity index (χ1) is 8.61. The molecule has 0 unspecified atom stereocenters. The Kier molecular flexibility index (Phi) is 13.6.